The molecule has 8 nitrogen and oxygen atoms in total. The standard InChI is InChI=1S/C27H32N2O6/c1-3-8-18(15-24(30)29-13-14-34-17(2)25(29)26(31)32)28-27(33)35-16-23-21-11-6-4-9-19(21)20-10-5-7-12-22(20)23/h4-7,9-12,17-18,23,25H,3,8,13-16H2,1-2H3,(H,28,33)(H,31,32). The number of benzene rings is 2. The van der Waals surface area contributed by atoms with Gasteiger partial charge in [0.25, 0.3) is 0 Å². The zero-order valence-electron chi connectivity index (χ0n) is 20.1. The van der Waals surface area contributed by atoms with E-state index in [0.29, 0.717) is 6.42 Å². The molecule has 2 aromatic carbocycles. The largest absolute Gasteiger partial charge is 0.480 e. The van der Waals surface area contributed by atoms with E-state index < -0.39 is 30.3 Å². The Morgan fingerprint density at radius 2 is 1.74 bits per heavy atom. The van der Waals surface area contributed by atoms with Gasteiger partial charge < -0.3 is 24.8 Å². The molecule has 2 N–H and O–H groups in total. The molecule has 0 radical (unpaired) electrons. The second-order valence-corrected chi connectivity index (χ2v) is 9.11. The van der Waals surface area contributed by atoms with Crippen LogP contribution in [0.25, 0.3) is 11.1 Å². The summed E-state index contributed by atoms with van der Waals surface area (Å²) in [5.74, 6) is -1.46. The maximum atomic E-state index is 13.0. The Balaban J connectivity index is 1.38. The van der Waals surface area contributed by atoms with Gasteiger partial charge in [-0.05, 0) is 35.6 Å². The summed E-state index contributed by atoms with van der Waals surface area (Å²) in [7, 11) is 0. The molecule has 1 aliphatic heterocycles. The van der Waals surface area contributed by atoms with Crippen molar-refractivity contribution in [1.29, 1.82) is 0 Å². The van der Waals surface area contributed by atoms with E-state index in [0.717, 1.165) is 28.7 Å². The number of carboxylic acids is 1. The first kappa shape index (κ1) is 24.7. The van der Waals surface area contributed by atoms with Gasteiger partial charge in [-0.1, -0.05) is 61.9 Å². The van der Waals surface area contributed by atoms with Crippen molar-refractivity contribution in [3.05, 3.63) is 59.7 Å². The number of alkyl carbamates (subject to hydrolysis) is 1. The smallest absolute Gasteiger partial charge is 0.407 e. The number of morpholine rings is 1. The third-order valence-electron chi connectivity index (χ3n) is 6.79. The molecule has 0 bridgehead atoms. The highest BCUT2D eigenvalue weighted by Gasteiger charge is 2.38. The van der Waals surface area contributed by atoms with Gasteiger partial charge in [0.2, 0.25) is 5.91 Å². The number of ether oxygens (including phenoxy) is 2. The molecule has 1 fully saturated rings. The maximum absolute atomic E-state index is 13.0. The summed E-state index contributed by atoms with van der Waals surface area (Å²) in [5.41, 5.74) is 4.56. The highest BCUT2D eigenvalue weighted by atomic mass is 16.5. The lowest BCUT2D eigenvalue weighted by Gasteiger charge is -2.37. The highest BCUT2D eigenvalue weighted by molar-refractivity contribution is 5.85. The third-order valence-corrected chi connectivity index (χ3v) is 6.79. The number of carbonyl (C=O) groups excluding carboxylic acids is 2. The van der Waals surface area contributed by atoms with Crippen LogP contribution in [0, 0.1) is 0 Å². The quantitative estimate of drug-likeness (QED) is 0.596. The molecule has 35 heavy (non-hydrogen) atoms. The summed E-state index contributed by atoms with van der Waals surface area (Å²) in [4.78, 5) is 38.7. The summed E-state index contributed by atoms with van der Waals surface area (Å²) in [6, 6.07) is 14.8. The summed E-state index contributed by atoms with van der Waals surface area (Å²) in [6.07, 6.45) is 0.166. The number of nitrogens with one attached hydrogen (secondary N) is 1. The third kappa shape index (κ3) is 5.32. The number of rotatable bonds is 8. The second-order valence-electron chi connectivity index (χ2n) is 9.11. The SMILES string of the molecule is CCCC(CC(=O)N1CCOC(C)C1C(=O)O)NC(=O)OCC1c2ccccc2-c2ccccc21. The van der Waals surface area contributed by atoms with Crippen LogP contribution in [0.3, 0.4) is 0 Å². The van der Waals surface area contributed by atoms with Crippen LogP contribution in [0.4, 0.5) is 4.79 Å². The number of hydrogen-bond acceptors (Lipinski definition) is 5. The van der Waals surface area contributed by atoms with Crippen LogP contribution in [0.5, 0.6) is 0 Å². The van der Waals surface area contributed by atoms with Gasteiger partial charge in [-0.25, -0.2) is 9.59 Å². The molecule has 3 atom stereocenters. The molecule has 8 heteroatoms. The van der Waals surface area contributed by atoms with Crippen LogP contribution in [0.15, 0.2) is 48.5 Å². The van der Waals surface area contributed by atoms with Crippen molar-refractivity contribution in [2.45, 2.75) is 57.2 Å². The van der Waals surface area contributed by atoms with Crippen molar-refractivity contribution in [3.8, 4) is 11.1 Å². The molecule has 0 aromatic heterocycles. The zero-order valence-corrected chi connectivity index (χ0v) is 20.1. The van der Waals surface area contributed by atoms with Crippen LogP contribution in [0.2, 0.25) is 0 Å². The highest BCUT2D eigenvalue weighted by Crippen LogP contribution is 2.44. The summed E-state index contributed by atoms with van der Waals surface area (Å²) in [6.45, 7) is 4.30. The molecule has 0 spiro atoms. The molecule has 1 saturated heterocycles. The number of nitrogens with zero attached hydrogens (tertiary/aromatic N) is 1. The Bertz CT molecular complexity index is 1040. The Hall–Kier alpha value is -3.39. The predicted octanol–water partition coefficient (Wildman–Crippen LogP) is 3.78. The van der Waals surface area contributed by atoms with Crippen molar-refractivity contribution in [2.75, 3.05) is 19.8 Å². The van der Waals surface area contributed by atoms with Gasteiger partial charge in [-0.3, -0.25) is 4.79 Å². The lowest BCUT2D eigenvalue weighted by atomic mass is 9.98. The number of fused-ring (bicyclic) bond motifs is 3. The zero-order chi connectivity index (χ0) is 24.9. The molecule has 1 heterocycles. The maximum Gasteiger partial charge on any atom is 0.407 e. The van der Waals surface area contributed by atoms with Crippen molar-refractivity contribution in [2.24, 2.45) is 0 Å². The van der Waals surface area contributed by atoms with Gasteiger partial charge in [0, 0.05) is 24.9 Å². The number of hydrogen-bond donors (Lipinski definition) is 2. The number of amides is 2. The lowest BCUT2D eigenvalue weighted by molar-refractivity contribution is -0.165. The predicted molar refractivity (Wildman–Crippen MR) is 130 cm³/mol. The summed E-state index contributed by atoms with van der Waals surface area (Å²) < 4.78 is 11.0. The van der Waals surface area contributed by atoms with Crippen LogP contribution in [-0.4, -0.2) is 65.9 Å². The van der Waals surface area contributed by atoms with E-state index in [9.17, 15) is 19.5 Å². The summed E-state index contributed by atoms with van der Waals surface area (Å²) >= 11 is 0. The van der Waals surface area contributed by atoms with Gasteiger partial charge in [0.15, 0.2) is 6.04 Å². The molecule has 186 valence electrons. The van der Waals surface area contributed by atoms with Crippen LogP contribution in [0.1, 0.15) is 50.2 Å². The van der Waals surface area contributed by atoms with E-state index in [4.69, 9.17) is 9.47 Å². The Morgan fingerprint density at radius 1 is 1.11 bits per heavy atom. The Morgan fingerprint density at radius 3 is 2.34 bits per heavy atom. The van der Waals surface area contributed by atoms with Gasteiger partial charge in [-0.15, -0.1) is 0 Å². The molecular weight excluding hydrogens is 448 g/mol. The van der Waals surface area contributed by atoms with Gasteiger partial charge >= 0.3 is 12.1 Å². The first-order valence-corrected chi connectivity index (χ1v) is 12.2. The van der Waals surface area contributed by atoms with E-state index in [1.807, 2.05) is 31.2 Å². The first-order chi connectivity index (χ1) is 16.9. The normalized spacial score (nSPS) is 20.0. The fraction of sp³-hybridized carbons (Fsp3) is 0.444. The van der Waals surface area contributed by atoms with Crippen molar-refractivity contribution in [3.63, 3.8) is 0 Å². The van der Waals surface area contributed by atoms with Gasteiger partial charge in [-0.2, -0.15) is 0 Å². The van der Waals surface area contributed by atoms with Crippen molar-refractivity contribution in [1.82, 2.24) is 10.2 Å². The molecule has 2 aromatic rings. The molecule has 1 aliphatic carbocycles. The molecular formula is C27H32N2O6. The molecule has 0 saturated carbocycles. The second kappa shape index (κ2) is 10.9. The topological polar surface area (TPSA) is 105 Å². The van der Waals surface area contributed by atoms with Gasteiger partial charge in [0.05, 0.1) is 12.7 Å². The molecule has 4 rings (SSSR count). The average molecular weight is 481 g/mol. The van der Waals surface area contributed by atoms with Crippen molar-refractivity contribution < 1.29 is 29.0 Å². The average Bonchev–Trinajstić information content (AvgIpc) is 3.16. The molecule has 3 unspecified atom stereocenters. The van der Waals surface area contributed by atoms with E-state index in [-0.39, 0.29) is 38.0 Å². The minimum atomic E-state index is -1.10. The van der Waals surface area contributed by atoms with E-state index in [1.54, 1.807) is 6.92 Å². The fourth-order valence-electron chi connectivity index (χ4n) is 5.14. The number of carboxylic acid groups (broad SMARTS) is 1. The van der Waals surface area contributed by atoms with Crippen LogP contribution < -0.4 is 5.32 Å². The number of aliphatic carboxylic acids is 1. The number of carbonyl (C=O) groups is 3. The van der Waals surface area contributed by atoms with Crippen LogP contribution in [-0.2, 0) is 19.1 Å². The van der Waals surface area contributed by atoms with Crippen LogP contribution >= 0.6 is 0 Å². The van der Waals surface area contributed by atoms with E-state index in [1.165, 1.54) is 4.90 Å². The minimum absolute atomic E-state index is 0.00847. The monoisotopic (exact) mass is 480 g/mol. The molecule has 2 amide bonds. The van der Waals surface area contributed by atoms with E-state index >= 15 is 0 Å². The fourth-order valence-corrected chi connectivity index (χ4v) is 5.14. The molecule has 2 aliphatic rings. The Labute approximate surface area is 205 Å². The van der Waals surface area contributed by atoms with Crippen molar-refractivity contribution >= 4 is 18.0 Å². The Kier molecular flexibility index (Phi) is 7.70. The first-order valence-electron chi connectivity index (χ1n) is 12.2. The van der Waals surface area contributed by atoms with E-state index in [2.05, 4.69) is 29.6 Å². The minimum Gasteiger partial charge on any atom is -0.480 e. The lowest BCUT2D eigenvalue weighted by Crippen LogP contribution is -2.57. The summed E-state index contributed by atoms with van der Waals surface area (Å²) in [5, 5.41) is 12.4. The van der Waals surface area contributed by atoms with Gasteiger partial charge in [0.1, 0.15) is 6.61 Å².